The predicted molar refractivity (Wildman–Crippen MR) is 86.5 cm³/mol. The third-order valence-corrected chi connectivity index (χ3v) is 5.58. The zero-order valence-corrected chi connectivity index (χ0v) is 13.6. The van der Waals surface area contributed by atoms with Gasteiger partial charge in [0.1, 0.15) is 0 Å². The van der Waals surface area contributed by atoms with Crippen molar-refractivity contribution in [2.45, 2.75) is 38.5 Å². The van der Waals surface area contributed by atoms with E-state index >= 15 is 0 Å². The second-order valence-corrected chi connectivity index (χ2v) is 7.58. The number of aryl methyl sites for hydroxylation is 1. The second-order valence-electron chi connectivity index (χ2n) is 5.34. The Bertz CT molecular complexity index is 551. The molecule has 1 N–H and O–H groups in total. The summed E-state index contributed by atoms with van der Waals surface area (Å²) in [6.45, 7) is 5.21. The van der Waals surface area contributed by atoms with Gasteiger partial charge in [0.05, 0.1) is 11.1 Å². The summed E-state index contributed by atoms with van der Waals surface area (Å²) in [4.78, 5) is 7.15. The Labute approximate surface area is 128 Å². The number of rotatable bonds is 5. The first kappa shape index (κ1) is 14.2. The first-order chi connectivity index (χ1) is 9.72. The minimum atomic E-state index is 0.506. The maximum atomic E-state index is 5.88. The third kappa shape index (κ3) is 3.27. The highest BCUT2D eigenvalue weighted by atomic mass is 32.2. The van der Waals surface area contributed by atoms with Crippen molar-refractivity contribution in [3.05, 3.63) is 28.6 Å². The van der Waals surface area contributed by atoms with Gasteiger partial charge >= 0.3 is 0 Å². The quantitative estimate of drug-likeness (QED) is 0.913. The van der Waals surface area contributed by atoms with E-state index in [-0.39, 0.29) is 0 Å². The van der Waals surface area contributed by atoms with Gasteiger partial charge in [0, 0.05) is 29.6 Å². The SMILES string of the molecule is CC(C)NCCc1ncc(-c2cc3c(s2)CCSC3)o1. The van der Waals surface area contributed by atoms with Crippen molar-refractivity contribution in [1.29, 1.82) is 0 Å². The molecule has 108 valence electrons. The normalized spacial score (nSPS) is 14.8. The maximum Gasteiger partial charge on any atom is 0.196 e. The van der Waals surface area contributed by atoms with Gasteiger partial charge in [-0.15, -0.1) is 11.3 Å². The van der Waals surface area contributed by atoms with E-state index in [1.807, 2.05) is 29.3 Å². The van der Waals surface area contributed by atoms with Gasteiger partial charge in [-0.1, -0.05) is 13.8 Å². The topological polar surface area (TPSA) is 38.1 Å². The molecule has 0 aromatic carbocycles. The molecule has 0 radical (unpaired) electrons. The molecule has 1 aliphatic rings. The van der Waals surface area contributed by atoms with E-state index in [4.69, 9.17) is 4.42 Å². The number of hydrogen-bond donors (Lipinski definition) is 1. The molecule has 1 aliphatic heterocycles. The van der Waals surface area contributed by atoms with Crippen molar-refractivity contribution in [2.24, 2.45) is 0 Å². The van der Waals surface area contributed by atoms with Crippen LogP contribution in [0.1, 0.15) is 30.2 Å². The van der Waals surface area contributed by atoms with Crippen LogP contribution >= 0.6 is 23.1 Å². The molecule has 5 heteroatoms. The lowest BCUT2D eigenvalue weighted by atomic mass is 10.2. The molecule has 0 fully saturated rings. The van der Waals surface area contributed by atoms with Crippen LogP contribution in [0.4, 0.5) is 0 Å². The van der Waals surface area contributed by atoms with Crippen LogP contribution in [0.25, 0.3) is 10.6 Å². The lowest BCUT2D eigenvalue weighted by Gasteiger charge is -2.08. The minimum absolute atomic E-state index is 0.506. The molecular weight excluding hydrogens is 288 g/mol. The molecule has 3 nitrogen and oxygen atoms in total. The summed E-state index contributed by atoms with van der Waals surface area (Å²) in [5.74, 6) is 4.14. The van der Waals surface area contributed by atoms with Crippen LogP contribution in [-0.2, 0) is 18.6 Å². The fraction of sp³-hybridized carbons (Fsp3) is 0.533. The fourth-order valence-corrected chi connectivity index (χ4v) is 4.59. The average molecular weight is 308 g/mol. The predicted octanol–water partition coefficient (Wildman–Crippen LogP) is 3.73. The number of aromatic nitrogens is 1. The number of fused-ring (bicyclic) bond motifs is 1. The van der Waals surface area contributed by atoms with Gasteiger partial charge < -0.3 is 9.73 Å². The van der Waals surface area contributed by atoms with Crippen molar-refractivity contribution in [3.8, 4) is 10.6 Å². The molecule has 2 aromatic rings. The van der Waals surface area contributed by atoms with Crippen LogP contribution < -0.4 is 5.32 Å². The van der Waals surface area contributed by atoms with Gasteiger partial charge in [0.2, 0.25) is 0 Å². The first-order valence-corrected chi connectivity index (χ1v) is 9.07. The standard InChI is InChI=1S/C15H20N2OS2/c1-10(2)16-5-3-15-17-8-12(18-15)14-7-11-9-19-6-4-13(11)20-14/h7-8,10,16H,3-6,9H2,1-2H3. The molecular formula is C15H20N2OS2. The van der Waals surface area contributed by atoms with E-state index < -0.39 is 0 Å². The molecule has 0 unspecified atom stereocenters. The van der Waals surface area contributed by atoms with E-state index in [9.17, 15) is 0 Å². The Balaban J connectivity index is 1.68. The van der Waals surface area contributed by atoms with E-state index in [1.54, 1.807) is 0 Å². The van der Waals surface area contributed by atoms with Crippen molar-refractivity contribution >= 4 is 23.1 Å². The maximum absolute atomic E-state index is 5.88. The molecule has 0 aliphatic carbocycles. The molecule has 0 bridgehead atoms. The molecule has 3 heterocycles. The largest absolute Gasteiger partial charge is 0.440 e. The third-order valence-electron chi connectivity index (χ3n) is 3.32. The Morgan fingerprint density at radius 1 is 1.45 bits per heavy atom. The van der Waals surface area contributed by atoms with E-state index in [0.29, 0.717) is 6.04 Å². The molecule has 0 atom stereocenters. The van der Waals surface area contributed by atoms with Gasteiger partial charge in [-0.2, -0.15) is 11.8 Å². The Hall–Kier alpha value is -0.780. The summed E-state index contributed by atoms with van der Waals surface area (Å²) in [6, 6.07) is 2.79. The number of hydrogen-bond acceptors (Lipinski definition) is 5. The monoisotopic (exact) mass is 308 g/mol. The Morgan fingerprint density at radius 2 is 2.35 bits per heavy atom. The Kier molecular flexibility index (Phi) is 4.48. The van der Waals surface area contributed by atoms with Crippen molar-refractivity contribution in [3.63, 3.8) is 0 Å². The molecule has 3 rings (SSSR count). The van der Waals surface area contributed by atoms with E-state index in [2.05, 4.69) is 30.2 Å². The number of nitrogens with zero attached hydrogens (tertiary/aromatic N) is 1. The van der Waals surface area contributed by atoms with Crippen LogP contribution in [0.2, 0.25) is 0 Å². The number of thiophene rings is 1. The summed E-state index contributed by atoms with van der Waals surface area (Å²) in [7, 11) is 0. The highest BCUT2D eigenvalue weighted by molar-refractivity contribution is 7.98. The molecule has 20 heavy (non-hydrogen) atoms. The summed E-state index contributed by atoms with van der Waals surface area (Å²) >= 11 is 3.89. The van der Waals surface area contributed by atoms with Gasteiger partial charge in [-0.25, -0.2) is 4.98 Å². The lowest BCUT2D eigenvalue weighted by molar-refractivity contribution is 0.485. The number of thioether (sulfide) groups is 1. The lowest BCUT2D eigenvalue weighted by Crippen LogP contribution is -2.24. The van der Waals surface area contributed by atoms with Crippen LogP contribution in [0.3, 0.4) is 0 Å². The molecule has 0 amide bonds. The highest BCUT2D eigenvalue weighted by Gasteiger charge is 2.16. The summed E-state index contributed by atoms with van der Waals surface area (Å²) in [5.41, 5.74) is 1.49. The second kappa shape index (κ2) is 6.33. The number of oxazole rings is 1. The van der Waals surface area contributed by atoms with Crippen LogP contribution in [0.5, 0.6) is 0 Å². The zero-order chi connectivity index (χ0) is 13.9. The van der Waals surface area contributed by atoms with Gasteiger partial charge in [0.15, 0.2) is 11.7 Å². The summed E-state index contributed by atoms with van der Waals surface area (Å²) in [6.07, 6.45) is 3.91. The molecule has 0 saturated carbocycles. The Morgan fingerprint density at radius 3 is 3.15 bits per heavy atom. The van der Waals surface area contributed by atoms with Crippen molar-refractivity contribution < 1.29 is 4.42 Å². The molecule has 0 saturated heterocycles. The fourth-order valence-electron chi connectivity index (χ4n) is 2.28. The van der Waals surface area contributed by atoms with E-state index in [0.717, 1.165) is 30.4 Å². The summed E-state index contributed by atoms with van der Waals surface area (Å²) in [5, 5.41) is 3.38. The first-order valence-electron chi connectivity index (χ1n) is 7.10. The van der Waals surface area contributed by atoms with Gasteiger partial charge in [-0.3, -0.25) is 0 Å². The summed E-state index contributed by atoms with van der Waals surface area (Å²) < 4.78 is 5.88. The molecule has 0 spiro atoms. The van der Waals surface area contributed by atoms with Crippen LogP contribution in [0, 0.1) is 0 Å². The minimum Gasteiger partial charge on any atom is -0.440 e. The van der Waals surface area contributed by atoms with Crippen LogP contribution in [-0.4, -0.2) is 23.3 Å². The smallest absolute Gasteiger partial charge is 0.196 e. The van der Waals surface area contributed by atoms with Crippen molar-refractivity contribution in [2.75, 3.05) is 12.3 Å². The van der Waals surface area contributed by atoms with Crippen LogP contribution in [0.15, 0.2) is 16.7 Å². The highest BCUT2D eigenvalue weighted by Crippen LogP contribution is 2.37. The zero-order valence-electron chi connectivity index (χ0n) is 11.9. The van der Waals surface area contributed by atoms with E-state index in [1.165, 1.54) is 27.5 Å². The molecule has 2 aromatic heterocycles. The van der Waals surface area contributed by atoms with Crippen molar-refractivity contribution in [1.82, 2.24) is 10.3 Å². The van der Waals surface area contributed by atoms with Gasteiger partial charge in [-0.05, 0) is 23.8 Å². The number of nitrogens with one attached hydrogen (secondary N) is 1. The van der Waals surface area contributed by atoms with Gasteiger partial charge in [0.25, 0.3) is 0 Å². The average Bonchev–Trinajstić information content (AvgIpc) is 3.03.